The van der Waals surface area contributed by atoms with Gasteiger partial charge in [-0.15, -0.1) is 0 Å². The van der Waals surface area contributed by atoms with E-state index in [4.69, 9.17) is 4.74 Å². The maximum Gasteiger partial charge on any atom is 0.251 e. The van der Waals surface area contributed by atoms with Crippen molar-refractivity contribution in [1.82, 2.24) is 15.1 Å². The molecule has 0 bridgehead atoms. The maximum absolute atomic E-state index is 13.9. The molecule has 8 heteroatoms. The van der Waals surface area contributed by atoms with E-state index >= 15 is 0 Å². The summed E-state index contributed by atoms with van der Waals surface area (Å²) >= 11 is 0. The Hall–Kier alpha value is -2.45. The van der Waals surface area contributed by atoms with E-state index in [1.807, 2.05) is 24.3 Å². The highest BCUT2D eigenvalue weighted by molar-refractivity contribution is 5.99. The van der Waals surface area contributed by atoms with Crippen LogP contribution in [0.4, 0.5) is 5.69 Å². The number of ketones is 1. The number of rotatable bonds is 7. The predicted molar refractivity (Wildman–Crippen MR) is 143 cm³/mol. The Bertz CT molecular complexity index is 1010. The monoisotopic (exact) mass is 510 g/mol. The summed E-state index contributed by atoms with van der Waals surface area (Å²) in [4.78, 5) is 46.4. The first-order chi connectivity index (χ1) is 17.6. The SMILES string of the molecule is CCN1CCN(c2ccc(C(=O)NC(CC(C)(C)C)C(=O)N3C[C@@H](C4CC4)[C@H]4OCC(=O)[C@H]43)cc2)CC1. The fourth-order valence-electron chi connectivity index (χ4n) is 6.26. The van der Waals surface area contributed by atoms with Gasteiger partial charge >= 0.3 is 0 Å². The molecule has 1 aromatic rings. The van der Waals surface area contributed by atoms with E-state index in [0.717, 1.165) is 51.3 Å². The van der Waals surface area contributed by atoms with Gasteiger partial charge in [-0.1, -0.05) is 27.7 Å². The Morgan fingerprint density at radius 3 is 2.35 bits per heavy atom. The Balaban J connectivity index is 1.28. The molecule has 37 heavy (non-hydrogen) atoms. The maximum atomic E-state index is 13.9. The van der Waals surface area contributed by atoms with Crippen molar-refractivity contribution in [3.8, 4) is 0 Å². The number of carbonyl (C=O) groups is 3. The Labute approximate surface area is 220 Å². The summed E-state index contributed by atoms with van der Waals surface area (Å²) in [6.07, 6.45) is 2.58. The minimum absolute atomic E-state index is 0.0160. The topological polar surface area (TPSA) is 82.2 Å². The summed E-state index contributed by atoms with van der Waals surface area (Å²) in [5.74, 6) is 0.324. The molecule has 3 heterocycles. The van der Waals surface area contributed by atoms with Gasteiger partial charge in [0, 0.05) is 49.9 Å². The average molecular weight is 511 g/mol. The normalized spacial score (nSPS) is 27.4. The van der Waals surface area contributed by atoms with Crippen molar-refractivity contribution in [3.05, 3.63) is 29.8 Å². The number of Topliss-reactive ketones (excluding diaryl/α,β-unsaturated/α-hetero) is 1. The smallest absolute Gasteiger partial charge is 0.251 e. The quantitative estimate of drug-likeness (QED) is 0.607. The second-order valence-electron chi connectivity index (χ2n) is 12.4. The van der Waals surface area contributed by atoms with Crippen molar-refractivity contribution < 1.29 is 19.1 Å². The summed E-state index contributed by atoms with van der Waals surface area (Å²) in [5, 5.41) is 3.03. The average Bonchev–Trinajstić information content (AvgIpc) is 3.55. The molecule has 1 N–H and O–H groups in total. The molecule has 3 aliphatic heterocycles. The van der Waals surface area contributed by atoms with Gasteiger partial charge in [-0.2, -0.15) is 0 Å². The molecular weight excluding hydrogens is 468 g/mol. The van der Waals surface area contributed by atoms with Crippen molar-refractivity contribution >= 4 is 23.3 Å². The Morgan fingerprint density at radius 1 is 1.08 bits per heavy atom. The number of hydrogen-bond donors (Lipinski definition) is 1. The predicted octanol–water partition coefficient (Wildman–Crippen LogP) is 2.57. The van der Waals surface area contributed by atoms with Crippen LogP contribution in [0.3, 0.4) is 0 Å². The van der Waals surface area contributed by atoms with Crippen LogP contribution in [-0.4, -0.2) is 91.5 Å². The number of anilines is 1. The number of carbonyl (C=O) groups excluding carboxylic acids is 3. The largest absolute Gasteiger partial charge is 0.369 e. The third-order valence-corrected chi connectivity index (χ3v) is 8.47. The van der Waals surface area contributed by atoms with Gasteiger partial charge in [-0.3, -0.25) is 14.4 Å². The van der Waals surface area contributed by atoms with E-state index in [1.165, 1.54) is 0 Å². The zero-order chi connectivity index (χ0) is 26.3. The highest BCUT2D eigenvalue weighted by Gasteiger charge is 2.56. The number of piperazine rings is 1. The van der Waals surface area contributed by atoms with Crippen LogP contribution in [-0.2, 0) is 14.3 Å². The number of hydrogen-bond acceptors (Lipinski definition) is 6. The van der Waals surface area contributed by atoms with Gasteiger partial charge in [0.1, 0.15) is 18.7 Å². The minimum Gasteiger partial charge on any atom is -0.369 e. The van der Waals surface area contributed by atoms with Crippen molar-refractivity contribution in [3.63, 3.8) is 0 Å². The van der Waals surface area contributed by atoms with Crippen molar-refractivity contribution in [2.24, 2.45) is 17.3 Å². The van der Waals surface area contributed by atoms with Crippen LogP contribution in [0.15, 0.2) is 24.3 Å². The molecule has 1 aromatic carbocycles. The van der Waals surface area contributed by atoms with Gasteiger partial charge in [-0.25, -0.2) is 0 Å². The second kappa shape index (κ2) is 10.4. The molecule has 5 rings (SSSR count). The van der Waals surface area contributed by atoms with E-state index in [0.29, 0.717) is 24.4 Å². The first kappa shape index (κ1) is 26.2. The number of nitrogens with one attached hydrogen (secondary N) is 1. The molecule has 4 aliphatic rings. The molecular formula is C29H42N4O4. The third kappa shape index (κ3) is 5.70. The van der Waals surface area contributed by atoms with Crippen LogP contribution in [0, 0.1) is 17.3 Å². The van der Waals surface area contributed by atoms with Crippen LogP contribution in [0.25, 0.3) is 0 Å². The molecule has 3 saturated heterocycles. The first-order valence-corrected chi connectivity index (χ1v) is 14.0. The number of amides is 2. The Morgan fingerprint density at radius 2 is 1.76 bits per heavy atom. The highest BCUT2D eigenvalue weighted by Crippen LogP contribution is 2.46. The highest BCUT2D eigenvalue weighted by atomic mass is 16.5. The zero-order valence-electron chi connectivity index (χ0n) is 22.7. The summed E-state index contributed by atoms with van der Waals surface area (Å²) in [5.41, 5.74) is 1.48. The third-order valence-electron chi connectivity index (χ3n) is 8.47. The van der Waals surface area contributed by atoms with E-state index in [9.17, 15) is 14.4 Å². The molecule has 4 atom stereocenters. The van der Waals surface area contributed by atoms with Gasteiger partial charge in [0.15, 0.2) is 5.78 Å². The lowest BCUT2D eigenvalue weighted by Gasteiger charge is -2.35. The van der Waals surface area contributed by atoms with Gasteiger partial charge in [0.2, 0.25) is 5.91 Å². The molecule has 2 amide bonds. The van der Waals surface area contributed by atoms with Gasteiger partial charge in [-0.05, 0) is 61.4 Å². The van der Waals surface area contributed by atoms with Gasteiger partial charge < -0.3 is 24.8 Å². The number of benzene rings is 1. The molecule has 1 saturated carbocycles. The van der Waals surface area contributed by atoms with Crippen molar-refractivity contribution in [2.75, 3.05) is 50.8 Å². The molecule has 202 valence electrons. The van der Waals surface area contributed by atoms with Crippen LogP contribution >= 0.6 is 0 Å². The lowest BCUT2D eigenvalue weighted by Crippen LogP contribution is -2.53. The summed E-state index contributed by atoms with van der Waals surface area (Å²) in [6, 6.07) is 6.48. The molecule has 1 unspecified atom stereocenters. The van der Waals surface area contributed by atoms with Gasteiger partial charge in [0.25, 0.3) is 5.91 Å². The Kier molecular flexibility index (Phi) is 7.33. The number of ether oxygens (including phenoxy) is 1. The van der Waals surface area contributed by atoms with Crippen LogP contribution in [0.1, 0.15) is 57.3 Å². The zero-order valence-corrected chi connectivity index (χ0v) is 22.7. The van der Waals surface area contributed by atoms with E-state index in [-0.39, 0.29) is 41.6 Å². The summed E-state index contributed by atoms with van der Waals surface area (Å²) in [7, 11) is 0. The molecule has 8 nitrogen and oxygen atoms in total. The van der Waals surface area contributed by atoms with Crippen LogP contribution in [0.2, 0.25) is 0 Å². The molecule has 0 aromatic heterocycles. The van der Waals surface area contributed by atoms with Crippen molar-refractivity contribution in [1.29, 1.82) is 0 Å². The summed E-state index contributed by atoms with van der Waals surface area (Å²) < 4.78 is 5.85. The van der Waals surface area contributed by atoms with E-state index in [2.05, 4.69) is 42.8 Å². The molecule has 0 radical (unpaired) electrons. The lowest BCUT2D eigenvalue weighted by atomic mass is 9.87. The molecule has 1 aliphatic carbocycles. The fourth-order valence-corrected chi connectivity index (χ4v) is 6.26. The van der Waals surface area contributed by atoms with Gasteiger partial charge in [0.05, 0.1) is 6.10 Å². The fraction of sp³-hybridized carbons (Fsp3) is 0.690. The standard InChI is InChI=1S/C29H42N4O4/c1-5-31-12-14-32(15-13-31)21-10-8-20(9-11-21)27(35)30-23(16-29(2,3)4)28(36)33-17-22(19-6-7-19)26-25(33)24(34)18-37-26/h8-11,19,22-23,25-26H,5-7,12-18H2,1-4H3,(H,30,35)/t22-,23?,25+,26+/m0/s1. The second-order valence-corrected chi connectivity index (χ2v) is 12.4. The molecule has 0 spiro atoms. The van der Waals surface area contributed by atoms with E-state index < -0.39 is 12.1 Å². The number of likely N-dealkylation sites (tertiary alicyclic amines) is 1. The number of nitrogens with zero attached hydrogens (tertiary/aromatic N) is 3. The van der Waals surface area contributed by atoms with Crippen LogP contribution in [0.5, 0.6) is 0 Å². The number of likely N-dealkylation sites (N-methyl/N-ethyl adjacent to an activating group) is 1. The first-order valence-electron chi connectivity index (χ1n) is 14.0. The van der Waals surface area contributed by atoms with E-state index in [1.54, 1.807) is 4.90 Å². The summed E-state index contributed by atoms with van der Waals surface area (Å²) in [6.45, 7) is 14.1. The van der Waals surface area contributed by atoms with Crippen LogP contribution < -0.4 is 10.2 Å². The van der Waals surface area contributed by atoms with Crippen molar-refractivity contribution in [2.45, 2.75) is 65.1 Å². The lowest BCUT2D eigenvalue weighted by molar-refractivity contribution is -0.138. The molecule has 4 fully saturated rings. The minimum atomic E-state index is -0.693. The number of fused-ring (bicyclic) bond motifs is 1.